The smallest absolute Gasteiger partial charge is 0.475 e. The molecule has 154 valence electrons. The van der Waals surface area contributed by atoms with Gasteiger partial charge < -0.3 is 15.5 Å². The Morgan fingerprint density at radius 1 is 0.893 bits per heavy atom. The number of hydrogen-bond acceptors (Lipinski definition) is 4. The Labute approximate surface area is 153 Å². The molecule has 28 heavy (non-hydrogen) atoms. The highest BCUT2D eigenvalue weighted by Gasteiger charge is 2.38. The van der Waals surface area contributed by atoms with Crippen molar-refractivity contribution in [3.05, 3.63) is 42.1 Å². The van der Waals surface area contributed by atoms with E-state index in [4.69, 9.17) is 19.8 Å². The summed E-state index contributed by atoms with van der Waals surface area (Å²) in [7, 11) is 0. The summed E-state index contributed by atoms with van der Waals surface area (Å²) in [5.41, 5.74) is 2.33. The third-order valence-electron chi connectivity index (χ3n) is 3.30. The van der Waals surface area contributed by atoms with Gasteiger partial charge in [0.05, 0.1) is 5.52 Å². The predicted octanol–water partition coefficient (Wildman–Crippen LogP) is 3.19. The normalized spacial score (nSPS) is 14.1. The molecule has 0 saturated carbocycles. The number of para-hydroxylation sites is 1. The zero-order valence-corrected chi connectivity index (χ0v) is 13.9. The van der Waals surface area contributed by atoms with Crippen LogP contribution >= 0.6 is 0 Å². The second kappa shape index (κ2) is 9.35. The van der Waals surface area contributed by atoms with Gasteiger partial charge in [0.25, 0.3) is 0 Å². The molecule has 1 aromatic carbocycles. The molecular formula is C16H14F6N2O4. The van der Waals surface area contributed by atoms with Gasteiger partial charge in [-0.2, -0.15) is 26.3 Å². The first-order chi connectivity index (χ1) is 12.8. The van der Waals surface area contributed by atoms with E-state index in [-0.39, 0.29) is 0 Å². The average molecular weight is 412 g/mol. The standard InChI is InChI=1S/C12H12N2.2C2HF3O2/c1-2-4-11-9(3-1)5-6-12(14-11)10-7-13-8-10;2*3-2(4,5)1(6)7/h1-6,10,13H,7-8H2;2*(H,6,7). The van der Waals surface area contributed by atoms with Crippen LogP contribution < -0.4 is 5.32 Å². The van der Waals surface area contributed by atoms with E-state index in [0.717, 1.165) is 18.6 Å². The molecule has 0 amide bonds. The quantitative estimate of drug-likeness (QED) is 0.623. The van der Waals surface area contributed by atoms with Crippen molar-refractivity contribution in [1.29, 1.82) is 0 Å². The number of alkyl halides is 6. The lowest BCUT2D eigenvalue weighted by molar-refractivity contribution is -0.193. The minimum Gasteiger partial charge on any atom is -0.475 e. The van der Waals surface area contributed by atoms with Crippen molar-refractivity contribution in [3.8, 4) is 0 Å². The van der Waals surface area contributed by atoms with Crippen LogP contribution in [-0.4, -0.2) is 52.6 Å². The summed E-state index contributed by atoms with van der Waals surface area (Å²) in [5, 5.41) is 18.7. The molecule has 0 spiro atoms. The molecule has 6 nitrogen and oxygen atoms in total. The van der Waals surface area contributed by atoms with Gasteiger partial charge in [0.15, 0.2) is 0 Å². The molecule has 2 aromatic rings. The maximum atomic E-state index is 10.6. The van der Waals surface area contributed by atoms with E-state index in [1.54, 1.807) is 0 Å². The number of nitrogens with zero attached hydrogens (tertiary/aromatic N) is 1. The molecule has 12 heteroatoms. The SMILES string of the molecule is O=C(O)C(F)(F)F.O=C(O)C(F)(F)F.c1ccc2nc(C3CNC3)ccc2c1. The Balaban J connectivity index is 0.000000240. The van der Waals surface area contributed by atoms with Gasteiger partial charge in [0.1, 0.15) is 0 Å². The Kier molecular flexibility index (Phi) is 7.73. The van der Waals surface area contributed by atoms with E-state index < -0.39 is 24.3 Å². The lowest BCUT2D eigenvalue weighted by Crippen LogP contribution is -2.40. The molecule has 2 heterocycles. The predicted molar refractivity (Wildman–Crippen MR) is 84.7 cm³/mol. The number of carboxylic acids is 2. The van der Waals surface area contributed by atoms with E-state index in [9.17, 15) is 26.3 Å². The number of nitrogens with one attached hydrogen (secondary N) is 1. The lowest BCUT2D eigenvalue weighted by atomic mass is 9.98. The number of benzene rings is 1. The van der Waals surface area contributed by atoms with Crippen molar-refractivity contribution in [2.24, 2.45) is 0 Å². The monoisotopic (exact) mass is 412 g/mol. The number of hydrogen-bond donors (Lipinski definition) is 3. The maximum absolute atomic E-state index is 10.6. The highest BCUT2D eigenvalue weighted by atomic mass is 19.4. The maximum Gasteiger partial charge on any atom is 0.490 e. The Bertz CT molecular complexity index is 795. The average Bonchev–Trinajstić information content (AvgIpc) is 2.52. The summed E-state index contributed by atoms with van der Waals surface area (Å²) >= 11 is 0. The van der Waals surface area contributed by atoms with Gasteiger partial charge in [-0.25, -0.2) is 9.59 Å². The summed E-state index contributed by atoms with van der Waals surface area (Å²) in [6.07, 6.45) is -10.2. The van der Waals surface area contributed by atoms with Crippen molar-refractivity contribution in [2.45, 2.75) is 18.3 Å². The molecular weight excluding hydrogens is 398 g/mol. The molecule has 0 bridgehead atoms. The zero-order chi connectivity index (χ0) is 21.5. The van der Waals surface area contributed by atoms with Gasteiger partial charge in [0, 0.05) is 30.1 Å². The van der Waals surface area contributed by atoms with Gasteiger partial charge in [0.2, 0.25) is 0 Å². The topological polar surface area (TPSA) is 99.5 Å². The first-order valence-corrected chi connectivity index (χ1v) is 7.49. The van der Waals surface area contributed by atoms with E-state index in [1.807, 2.05) is 6.07 Å². The fourth-order valence-corrected chi connectivity index (χ4v) is 1.81. The Morgan fingerprint density at radius 2 is 1.36 bits per heavy atom. The first kappa shape index (κ1) is 23.1. The third kappa shape index (κ3) is 7.39. The number of rotatable bonds is 1. The molecule has 1 aliphatic rings. The fourth-order valence-electron chi connectivity index (χ4n) is 1.81. The summed E-state index contributed by atoms with van der Waals surface area (Å²) in [6.45, 7) is 2.15. The van der Waals surface area contributed by atoms with Crippen LogP contribution in [0.15, 0.2) is 36.4 Å². The highest BCUT2D eigenvalue weighted by molar-refractivity contribution is 5.78. The number of carboxylic acid groups (broad SMARTS) is 2. The van der Waals surface area contributed by atoms with Crippen LogP contribution in [0.3, 0.4) is 0 Å². The zero-order valence-electron chi connectivity index (χ0n) is 13.9. The third-order valence-corrected chi connectivity index (χ3v) is 3.30. The molecule has 3 N–H and O–H groups in total. The fraction of sp³-hybridized carbons (Fsp3) is 0.312. The number of carbonyl (C=O) groups is 2. The van der Waals surface area contributed by atoms with E-state index in [0.29, 0.717) is 5.92 Å². The molecule has 0 radical (unpaired) electrons. The summed E-state index contributed by atoms with van der Waals surface area (Å²) in [5.74, 6) is -4.89. The van der Waals surface area contributed by atoms with Gasteiger partial charge in [-0.05, 0) is 12.1 Å². The van der Waals surface area contributed by atoms with Gasteiger partial charge in [-0.1, -0.05) is 24.3 Å². The number of pyridine rings is 1. The van der Waals surface area contributed by atoms with Gasteiger partial charge in [-0.3, -0.25) is 4.98 Å². The van der Waals surface area contributed by atoms with Crippen molar-refractivity contribution in [2.75, 3.05) is 13.1 Å². The molecule has 0 atom stereocenters. The van der Waals surface area contributed by atoms with E-state index in [2.05, 4.69) is 40.6 Å². The van der Waals surface area contributed by atoms with Crippen molar-refractivity contribution < 1.29 is 46.1 Å². The molecule has 1 saturated heterocycles. The molecule has 1 aromatic heterocycles. The van der Waals surface area contributed by atoms with Crippen molar-refractivity contribution >= 4 is 22.8 Å². The molecule has 0 unspecified atom stereocenters. The summed E-state index contributed by atoms with van der Waals surface area (Å²) in [4.78, 5) is 22.4. The minimum absolute atomic E-state index is 0.625. The largest absolute Gasteiger partial charge is 0.490 e. The second-order valence-electron chi connectivity index (χ2n) is 5.39. The van der Waals surface area contributed by atoms with Crippen molar-refractivity contribution in [1.82, 2.24) is 10.3 Å². The summed E-state index contributed by atoms with van der Waals surface area (Å²) in [6, 6.07) is 12.6. The van der Waals surface area contributed by atoms with E-state index >= 15 is 0 Å². The minimum atomic E-state index is -5.08. The van der Waals surface area contributed by atoms with Crippen LogP contribution in [0.4, 0.5) is 26.3 Å². The van der Waals surface area contributed by atoms with Crippen molar-refractivity contribution in [3.63, 3.8) is 0 Å². The number of aromatic nitrogens is 1. The van der Waals surface area contributed by atoms with Crippen LogP contribution in [0, 0.1) is 0 Å². The number of aliphatic carboxylic acids is 2. The van der Waals surface area contributed by atoms with Gasteiger partial charge in [-0.15, -0.1) is 0 Å². The van der Waals surface area contributed by atoms with Crippen LogP contribution in [-0.2, 0) is 9.59 Å². The molecule has 3 rings (SSSR count). The van der Waals surface area contributed by atoms with E-state index in [1.165, 1.54) is 11.1 Å². The second-order valence-corrected chi connectivity index (χ2v) is 5.39. The number of halogens is 6. The van der Waals surface area contributed by atoms with Crippen LogP contribution in [0.25, 0.3) is 10.9 Å². The lowest BCUT2D eigenvalue weighted by Gasteiger charge is -2.26. The summed E-state index contributed by atoms with van der Waals surface area (Å²) < 4.78 is 63.5. The highest BCUT2D eigenvalue weighted by Crippen LogP contribution is 2.20. The van der Waals surface area contributed by atoms with Crippen LogP contribution in [0.1, 0.15) is 11.6 Å². The number of fused-ring (bicyclic) bond motifs is 1. The Hall–Kier alpha value is -2.89. The first-order valence-electron chi connectivity index (χ1n) is 7.49. The molecule has 1 fully saturated rings. The van der Waals surface area contributed by atoms with Crippen LogP contribution in [0.2, 0.25) is 0 Å². The van der Waals surface area contributed by atoms with Crippen LogP contribution in [0.5, 0.6) is 0 Å². The molecule has 1 aliphatic heterocycles. The Morgan fingerprint density at radius 3 is 1.75 bits per heavy atom. The van der Waals surface area contributed by atoms with Gasteiger partial charge >= 0.3 is 24.3 Å². The molecule has 0 aliphatic carbocycles.